The molecule has 0 bridgehead atoms. The molecule has 3 rings (SSSR count). The Hall–Kier alpha value is -1.20. The van der Waals surface area contributed by atoms with E-state index in [9.17, 15) is 15.3 Å². The van der Waals surface area contributed by atoms with E-state index >= 15 is 0 Å². The van der Waals surface area contributed by atoms with Crippen LogP contribution < -0.4 is 0 Å². The Morgan fingerprint density at radius 2 is 2.03 bits per heavy atom. The second kappa shape index (κ2) is 10.2. The van der Waals surface area contributed by atoms with E-state index in [1.807, 2.05) is 13.8 Å². The van der Waals surface area contributed by atoms with Crippen LogP contribution in [0.5, 0.6) is 0 Å². The molecule has 2 fully saturated rings. The molecule has 0 unspecified atom stereocenters. The Balaban J connectivity index is 1.57. The van der Waals surface area contributed by atoms with Crippen molar-refractivity contribution in [3.63, 3.8) is 0 Å². The van der Waals surface area contributed by atoms with Gasteiger partial charge in [-0.05, 0) is 93.3 Å². The Kier molecular flexibility index (Phi) is 8.01. The first-order chi connectivity index (χ1) is 14.6. The number of ether oxygens (including phenoxy) is 1. The number of hydrogen-bond acceptors (Lipinski definition) is 4. The highest BCUT2D eigenvalue weighted by molar-refractivity contribution is 5.40. The minimum atomic E-state index is -0.634. The fourth-order valence-corrected chi connectivity index (χ4v) is 5.54. The van der Waals surface area contributed by atoms with Crippen molar-refractivity contribution in [3.05, 3.63) is 47.1 Å². The number of hydrogen-bond donors (Lipinski definition) is 3. The maximum atomic E-state index is 10.1. The minimum Gasteiger partial charge on any atom is -0.393 e. The number of unbranched alkanes of at least 4 members (excludes halogenated alkanes) is 1. The van der Waals surface area contributed by atoms with Crippen LogP contribution in [0.1, 0.15) is 78.6 Å². The predicted octanol–water partition coefficient (Wildman–Crippen LogP) is 5.01. The van der Waals surface area contributed by atoms with Gasteiger partial charge in [0.1, 0.15) is 0 Å². The average Bonchev–Trinajstić information content (AvgIpc) is 3.02. The lowest BCUT2D eigenvalue weighted by atomic mass is 9.64. The van der Waals surface area contributed by atoms with Crippen molar-refractivity contribution in [2.24, 2.45) is 11.3 Å². The summed E-state index contributed by atoms with van der Waals surface area (Å²) in [5.74, 6) is 0.513. The fourth-order valence-electron chi connectivity index (χ4n) is 5.54. The molecule has 0 aromatic rings. The summed E-state index contributed by atoms with van der Waals surface area (Å²) in [5, 5.41) is 29.9. The molecule has 4 nitrogen and oxygen atoms in total. The number of rotatable bonds is 8. The van der Waals surface area contributed by atoms with Gasteiger partial charge in [0.25, 0.3) is 0 Å². The highest BCUT2D eigenvalue weighted by Gasteiger charge is 2.44. The molecule has 4 atom stereocenters. The molecule has 2 saturated carbocycles. The van der Waals surface area contributed by atoms with Gasteiger partial charge in [0.05, 0.1) is 24.4 Å². The third-order valence-corrected chi connectivity index (χ3v) is 7.56. The largest absolute Gasteiger partial charge is 0.393 e. The SMILES string of the molecule is C=C1C(=CC=C2CCC[C@]3(C)C(COCCCCC(C)(C)O)=CC[C@@H]23)C[C@@H](O)C[C@@H]1O. The molecular weight excluding hydrogens is 388 g/mol. The Labute approximate surface area is 188 Å². The molecule has 4 heteroatoms. The zero-order valence-electron chi connectivity index (χ0n) is 19.7. The Bertz CT molecular complexity index is 739. The molecule has 0 aromatic carbocycles. The van der Waals surface area contributed by atoms with Gasteiger partial charge in [-0.3, -0.25) is 0 Å². The van der Waals surface area contributed by atoms with Gasteiger partial charge >= 0.3 is 0 Å². The van der Waals surface area contributed by atoms with E-state index in [4.69, 9.17) is 4.74 Å². The van der Waals surface area contributed by atoms with Gasteiger partial charge in [0, 0.05) is 13.0 Å². The third-order valence-electron chi connectivity index (χ3n) is 7.56. The summed E-state index contributed by atoms with van der Waals surface area (Å²) in [6, 6.07) is 0. The normalized spacial score (nSPS) is 34.3. The van der Waals surface area contributed by atoms with E-state index in [0.29, 0.717) is 25.4 Å². The summed E-state index contributed by atoms with van der Waals surface area (Å²) >= 11 is 0. The van der Waals surface area contributed by atoms with Gasteiger partial charge in [0.2, 0.25) is 0 Å². The molecule has 0 aliphatic heterocycles. The highest BCUT2D eigenvalue weighted by Crippen LogP contribution is 2.54. The lowest BCUT2D eigenvalue weighted by molar-refractivity contribution is 0.0631. The van der Waals surface area contributed by atoms with Crippen molar-refractivity contribution in [2.75, 3.05) is 13.2 Å². The van der Waals surface area contributed by atoms with E-state index in [2.05, 4.69) is 31.7 Å². The van der Waals surface area contributed by atoms with Crippen LogP contribution in [0.25, 0.3) is 0 Å². The molecular formula is C27H42O4. The molecule has 0 saturated heterocycles. The highest BCUT2D eigenvalue weighted by atomic mass is 16.5. The molecule has 174 valence electrons. The molecule has 3 aliphatic carbocycles. The monoisotopic (exact) mass is 430 g/mol. The topological polar surface area (TPSA) is 69.9 Å². The predicted molar refractivity (Wildman–Crippen MR) is 126 cm³/mol. The molecule has 3 N–H and O–H groups in total. The maximum Gasteiger partial charge on any atom is 0.0811 e. The van der Waals surface area contributed by atoms with Crippen molar-refractivity contribution >= 4 is 0 Å². The minimum absolute atomic E-state index is 0.165. The maximum absolute atomic E-state index is 10.1. The van der Waals surface area contributed by atoms with Crippen molar-refractivity contribution in [1.29, 1.82) is 0 Å². The van der Waals surface area contributed by atoms with Crippen LogP contribution in [-0.2, 0) is 4.74 Å². The summed E-state index contributed by atoms with van der Waals surface area (Å²) in [7, 11) is 0. The molecule has 31 heavy (non-hydrogen) atoms. The second-order valence-corrected chi connectivity index (χ2v) is 10.7. The molecule has 0 radical (unpaired) electrons. The van der Waals surface area contributed by atoms with Gasteiger partial charge in [-0.1, -0.05) is 37.3 Å². The van der Waals surface area contributed by atoms with E-state index < -0.39 is 17.8 Å². The first kappa shape index (κ1) is 24.4. The lowest BCUT2D eigenvalue weighted by Gasteiger charge is -2.41. The molecule has 0 spiro atoms. The molecule has 0 heterocycles. The van der Waals surface area contributed by atoms with Crippen LogP contribution >= 0.6 is 0 Å². The van der Waals surface area contributed by atoms with Gasteiger partial charge < -0.3 is 20.1 Å². The van der Waals surface area contributed by atoms with Gasteiger partial charge in [0.15, 0.2) is 0 Å². The summed E-state index contributed by atoms with van der Waals surface area (Å²) in [5.41, 5.74) is 4.22. The second-order valence-electron chi connectivity index (χ2n) is 10.7. The Morgan fingerprint density at radius 3 is 2.77 bits per heavy atom. The first-order valence-corrected chi connectivity index (χ1v) is 12.0. The van der Waals surface area contributed by atoms with E-state index in [0.717, 1.165) is 49.9 Å². The van der Waals surface area contributed by atoms with E-state index in [1.165, 1.54) is 24.0 Å². The third kappa shape index (κ3) is 6.19. The van der Waals surface area contributed by atoms with Crippen LogP contribution in [0, 0.1) is 11.3 Å². The van der Waals surface area contributed by atoms with Crippen LogP contribution in [0.3, 0.4) is 0 Å². The van der Waals surface area contributed by atoms with Crippen LogP contribution in [0.15, 0.2) is 47.1 Å². The summed E-state index contributed by atoms with van der Waals surface area (Å²) in [6.07, 6.45) is 13.9. The quantitative estimate of drug-likeness (QED) is 0.374. The zero-order valence-corrected chi connectivity index (χ0v) is 19.7. The molecule has 0 amide bonds. The van der Waals surface area contributed by atoms with Crippen molar-refractivity contribution in [2.45, 2.75) is 96.4 Å². The average molecular weight is 431 g/mol. The van der Waals surface area contributed by atoms with Crippen molar-refractivity contribution in [1.82, 2.24) is 0 Å². The number of aliphatic hydroxyl groups excluding tert-OH is 2. The number of allylic oxidation sites excluding steroid dienone is 4. The fraction of sp³-hybridized carbons (Fsp3) is 0.704. The van der Waals surface area contributed by atoms with E-state index in [1.54, 1.807) is 0 Å². The summed E-state index contributed by atoms with van der Waals surface area (Å²) in [6.45, 7) is 11.6. The zero-order chi connectivity index (χ0) is 22.6. The summed E-state index contributed by atoms with van der Waals surface area (Å²) < 4.78 is 6.03. The number of aliphatic hydroxyl groups is 3. The van der Waals surface area contributed by atoms with Crippen molar-refractivity contribution < 1.29 is 20.1 Å². The van der Waals surface area contributed by atoms with Crippen molar-refractivity contribution in [3.8, 4) is 0 Å². The number of fused-ring (bicyclic) bond motifs is 1. The van der Waals surface area contributed by atoms with Gasteiger partial charge in [-0.25, -0.2) is 0 Å². The van der Waals surface area contributed by atoms with Crippen LogP contribution in [0.2, 0.25) is 0 Å². The van der Waals surface area contributed by atoms with Gasteiger partial charge in [-0.2, -0.15) is 0 Å². The van der Waals surface area contributed by atoms with Gasteiger partial charge in [-0.15, -0.1) is 0 Å². The Morgan fingerprint density at radius 1 is 1.26 bits per heavy atom. The molecule has 0 aromatic heterocycles. The molecule has 3 aliphatic rings. The first-order valence-electron chi connectivity index (χ1n) is 12.0. The lowest BCUT2D eigenvalue weighted by Crippen LogP contribution is -2.32. The van der Waals surface area contributed by atoms with E-state index in [-0.39, 0.29) is 5.41 Å². The van der Waals surface area contributed by atoms with Crippen LogP contribution in [0.4, 0.5) is 0 Å². The summed E-state index contributed by atoms with van der Waals surface area (Å²) in [4.78, 5) is 0. The standard InChI is InChI=1S/C27H42O4/c1-19-21(16-23(28)17-25(19)29)10-9-20-8-7-14-27(4)22(11-12-24(20)27)18-31-15-6-5-13-26(2,3)30/h9-11,23-25,28-30H,1,5-8,12-18H2,2-4H3/t23-,24+,25+,27-/m1/s1. The van der Waals surface area contributed by atoms with Crippen LogP contribution in [-0.4, -0.2) is 46.3 Å². The smallest absolute Gasteiger partial charge is 0.0811 e.